The Morgan fingerprint density at radius 3 is 2.35 bits per heavy atom. The van der Waals surface area contributed by atoms with Gasteiger partial charge in [0, 0.05) is 14.8 Å². The summed E-state index contributed by atoms with van der Waals surface area (Å²) >= 11 is 19.5. The molecule has 23 heavy (non-hydrogen) atoms. The smallest absolute Gasteiger partial charge is 0.353 e. The second-order valence-electron chi connectivity index (χ2n) is 4.45. The van der Waals surface area contributed by atoms with Crippen LogP contribution in [0.5, 0.6) is 0 Å². The number of nitrogens with two attached hydrogens (primary N) is 1. The summed E-state index contributed by atoms with van der Waals surface area (Å²) in [4.78, 5) is 13.2. The molecular weight excluding hydrogens is 377 g/mol. The van der Waals surface area contributed by atoms with Crippen molar-refractivity contribution in [2.45, 2.75) is 9.79 Å². The molecule has 120 valence electrons. The summed E-state index contributed by atoms with van der Waals surface area (Å²) in [6.07, 6.45) is 1.51. The highest BCUT2D eigenvalue weighted by Gasteiger charge is 2.11. The van der Waals surface area contributed by atoms with Gasteiger partial charge in [0.2, 0.25) is 0 Å². The second-order valence-corrected chi connectivity index (χ2v) is 6.82. The first-order valence-corrected chi connectivity index (χ1v) is 8.33. The van der Waals surface area contributed by atoms with Crippen LogP contribution in [0.4, 0.5) is 0 Å². The van der Waals surface area contributed by atoms with E-state index in [4.69, 9.17) is 40.5 Å². The van der Waals surface area contributed by atoms with Crippen molar-refractivity contribution in [1.29, 1.82) is 0 Å². The molecule has 0 unspecified atom stereocenters. The van der Waals surface area contributed by atoms with Crippen LogP contribution in [0.15, 0.2) is 51.9 Å². The highest BCUT2D eigenvalue weighted by Crippen LogP contribution is 2.37. The number of esters is 1. The van der Waals surface area contributed by atoms with E-state index >= 15 is 0 Å². The molecule has 0 spiro atoms. The average Bonchev–Trinajstić information content (AvgIpc) is 2.53. The highest BCUT2D eigenvalue weighted by atomic mass is 35.5. The Labute approximate surface area is 153 Å². The predicted molar refractivity (Wildman–Crippen MR) is 96.2 cm³/mol. The summed E-state index contributed by atoms with van der Waals surface area (Å²) in [5.74, 6) is -0.612. The van der Waals surface area contributed by atoms with Gasteiger partial charge in [-0.15, -0.1) is 0 Å². The van der Waals surface area contributed by atoms with Crippen molar-refractivity contribution in [3.8, 4) is 0 Å². The van der Waals surface area contributed by atoms with Crippen molar-refractivity contribution in [2.75, 3.05) is 7.11 Å². The molecule has 0 aromatic heterocycles. The van der Waals surface area contributed by atoms with E-state index in [1.54, 1.807) is 24.3 Å². The van der Waals surface area contributed by atoms with Crippen LogP contribution in [0.2, 0.25) is 15.1 Å². The van der Waals surface area contributed by atoms with Crippen LogP contribution >= 0.6 is 46.6 Å². The lowest BCUT2D eigenvalue weighted by Crippen LogP contribution is -2.12. The van der Waals surface area contributed by atoms with E-state index in [0.29, 0.717) is 20.6 Å². The quantitative estimate of drug-likeness (QED) is 0.572. The number of carbonyl (C=O) groups excluding carboxylic acids is 1. The lowest BCUT2D eigenvalue weighted by atomic mass is 10.2. The molecule has 0 saturated heterocycles. The van der Waals surface area contributed by atoms with Crippen LogP contribution in [0.1, 0.15) is 5.56 Å². The minimum atomic E-state index is -0.612. The first kappa shape index (κ1) is 18.0. The average molecular weight is 389 g/mol. The fourth-order valence-electron chi connectivity index (χ4n) is 1.72. The van der Waals surface area contributed by atoms with Gasteiger partial charge in [0.25, 0.3) is 0 Å². The number of carbonyl (C=O) groups is 1. The molecule has 0 aliphatic heterocycles. The summed E-state index contributed by atoms with van der Waals surface area (Å²) in [7, 11) is 1.27. The molecule has 0 aliphatic rings. The molecule has 0 atom stereocenters. The predicted octanol–water partition coefficient (Wildman–Crippen LogP) is 5.27. The Kier molecular flexibility index (Phi) is 6.25. The number of halogens is 3. The van der Waals surface area contributed by atoms with Crippen LogP contribution in [0, 0.1) is 0 Å². The van der Waals surface area contributed by atoms with Crippen LogP contribution in [0.3, 0.4) is 0 Å². The van der Waals surface area contributed by atoms with Gasteiger partial charge in [0.05, 0.1) is 17.2 Å². The maximum absolute atomic E-state index is 11.5. The molecule has 0 bridgehead atoms. The molecule has 2 aromatic carbocycles. The Balaban J connectivity index is 2.43. The Bertz CT molecular complexity index is 761. The summed E-state index contributed by atoms with van der Waals surface area (Å²) in [5, 5.41) is 1.44. The third kappa shape index (κ3) is 4.82. The highest BCUT2D eigenvalue weighted by molar-refractivity contribution is 7.99. The van der Waals surface area contributed by atoms with Crippen molar-refractivity contribution in [1.82, 2.24) is 0 Å². The summed E-state index contributed by atoms with van der Waals surface area (Å²) in [6.45, 7) is 0. The Morgan fingerprint density at radius 2 is 1.74 bits per heavy atom. The SMILES string of the molecule is COC(=O)/C(N)=C/c1cc(Cl)c(Cl)cc1Sc1ccc(Cl)cc1. The van der Waals surface area contributed by atoms with Gasteiger partial charge in [-0.2, -0.15) is 0 Å². The zero-order chi connectivity index (χ0) is 17.0. The largest absolute Gasteiger partial charge is 0.464 e. The van der Waals surface area contributed by atoms with Gasteiger partial charge in [-0.3, -0.25) is 0 Å². The molecule has 0 radical (unpaired) electrons. The number of benzene rings is 2. The van der Waals surface area contributed by atoms with E-state index in [1.807, 2.05) is 12.1 Å². The number of methoxy groups -OCH3 is 1. The molecule has 2 rings (SSSR count). The van der Waals surface area contributed by atoms with Crippen LogP contribution in [0.25, 0.3) is 6.08 Å². The topological polar surface area (TPSA) is 52.3 Å². The maximum Gasteiger partial charge on any atom is 0.353 e. The van der Waals surface area contributed by atoms with Gasteiger partial charge in [-0.25, -0.2) is 4.79 Å². The van der Waals surface area contributed by atoms with E-state index < -0.39 is 5.97 Å². The molecular formula is C16H12Cl3NO2S. The molecule has 0 saturated carbocycles. The van der Waals surface area contributed by atoms with Crippen LogP contribution in [-0.2, 0) is 9.53 Å². The number of rotatable bonds is 4. The molecule has 2 N–H and O–H groups in total. The first-order chi connectivity index (χ1) is 10.9. The zero-order valence-electron chi connectivity index (χ0n) is 12.0. The normalized spacial score (nSPS) is 11.4. The van der Waals surface area contributed by atoms with Gasteiger partial charge >= 0.3 is 5.97 Å². The standard InChI is InChI=1S/C16H12Cl3NO2S/c1-22-16(21)14(20)7-9-6-12(18)13(19)8-15(9)23-11-4-2-10(17)3-5-11/h2-8H,20H2,1H3/b14-7-. The Morgan fingerprint density at radius 1 is 1.13 bits per heavy atom. The van der Waals surface area contributed by atoms with Crippen molar-refractivity contribution in [3.63, 3.8) is 0 Å². The van der Waals surface area contributed by atoms with Gasteiger partial charge < -0.3 is 10.5 Å². The zero-order valence-corrected chi connectivity index (χ0v) is 15.1. The van der Waals surface area contributed by atoms with E-state index in [-0.39, 0.29) is 5.70 Å². The summed E-state index contributed by atoms with van der Waals surface area (Å²) < 4.78 is 4.60. The molecule has 3 nitrogen and oxygen atoms in total. The Hall–Kier alpha value is -1.33. The monoisotopic (exact) mass is 387 g/mol. The van der Waals surface area contributed by atoms with E-state index in [9.17, 15) is 4.79 Å². The van der Waals surface area contributed by atoms with E-state index in [2.05, 4.69) is 4.74 Å². The molecule has 0 fully saturated rings. The molecule has 0 heterocycles. The number of ether oxygens (including phenoxy) is 1. The number of hydrogen-bond acceptors (Lipinski definition) is 4. The van der Waals surface area contributed by atoms with Crippen LogP contribution in [-0.4, -0.2) is 13.1 Å². The van der Waals surface area contributed by atoms with Crippen molar-refractivity contribution in [2.24, 2.45) is 5.73 Å². The van der Waals surface area contributed by atoms with Gasteiger partial charge in [-0.1, -0.05) is 46.6 Å². The summed E-state index contributed by atoms with van der Waals surface area (Å²) in [6, 6.07) is 10.7. The fraction of sp³-hybridized carbons (Fsp3) is 0.0625. The van der Waals surface area contributed by atoms with Crippen molar-refractivity contribution < 1.29 is 9.53 Å². The minimum Gasteiger partial charge on any atom is -0.464 e. The molecule has 7 heteroatoms. The van der Waals surface area contributed by atoms with Crippen molar-refractivity contribution in [3.05, 3.63) is 62.7 Å². The van der Waals surface area contributed by atoms with Crippen LogP contribution < -0.4 is 5.73 Å². The summed E-state index contributed by atoms with van der Waals surface area (Å²) in [5.41, 5.74) is 6.36. The third-order valence-corrected chi connectivity index (χ3v) is 4.88. The fourth-order valence-corrected chi connectivity index (χ4v) is 3.18. The van der Waals surface area contributed by atoms with Gasteiger partial charge in [0.1, 0.15) is 5.70 Å². The van der Waals surface area contributed by atoms with Crippen molar-refractivity contribution >= 4 is 58.6 Å². The first-order valence-electron chi connectivity index (χ1n) is 6.38. The second kappa shape index (κ2) is 7.97. The van der Waals surface area contributed by atoms with Gasteiger partial charge in [0.15, 0.2) is 0 Å². The maximum atomic E-state index is 11.5. The molecule has 0 aliphatic carbocycles. The number of hydrogen-bond donors (Lipinski definition) is 1. The lowest BCUT2D eigenvalue weighted by molar-refractivity contribution is -0.136. The van der Waals surface area contributed by atoms with E-state index in [1.165, 1.54) is 24.9 Å². The van der Waals surface area contributed by atoms with E-state index in [0.717, 1.165) is 9.79 Å². The molecule has 0 amide bonds. The molecule has 2 aromatic rings. The minimum absolute atomic E-state index is 0.0242. The third-order valence-electron chi connectivity index (χ3n) is 2.83. The lowest BCUT2D eigenvalue weighted by Gasteiger charge is -2.09. The van der Waals surface area contributed by atoms with Gasteiger partial charge in [-0.05, 0) is 48.0 Å².